The summed E-state index contributed by atoms with van der Waals surface area (Å²) in [6.07, 6.45) is 0.955. The van der Waals surface area contributed by atoms with Crippen LogP contribution in [0.15, 0.2) is 53.4 Å². The first kappa shape index (κ1) is 20.0. The number of anilines is 2. The molecule has 1 atom stereocenters. The summed E-state index contributed by atoms with van der Waals surface area (Å²) in [5.41, 5.74) is 1.08. The van der Waals surface area contributed by atoms with Crippen LogP contribution in [0.5, 0.6) is 0 Å². The van der Waals surface area contributed by atoms with Crippen molar-refractivity contribution in [3.63, 3.8) is 0 Å². The molecule has 1 aliphatic rings. The molecule has 28 heavy (non-hydrogen) atoms. The summed E-state index contributed by atoms with van der Waals surface area (Å²) in [4.78, 5) is 23.7. The van der Waals surface area contributed by atoms with Gasteiger partial charge in [0.2, 0.25) is 21.8 Å². The fourth-order valence-electron chi connectivity index (χ4n) is 3.10. The number of sulfonamides is 1. The van der Waals surface area contributed by atoms with Crippen molar-refractivity contribution < 1.29 is 22.4 Å². The van der Waals surface area contributed by atoms with Crippen LogP contribution in [-0.4, -0.2) is 37.1 Å². The summed E-state index contributed by atoms with van der Waals surface area (Å²) in [5, 5.41) is 5.33. The molecule has 3 rings (SSSR count). The summed E-state index contributed by atoms with van der Waals surface area (Å²) < 4.78 is 39.9. The van der Waals surface area contributed by atoms with E-state index >= 15 is 0 Å². The third kappa shape index (κ3) is 4.37. The fourth-order valence-corrected chi connectivity index (χ4v) is 4.75. The Kier molecular flexibility index (Phi) is 5.76. The molecule has 0 saturated carbocycles. The Morgan fingerprint density at radius 3 is 2.14 bits per heavy atom. The van der Waals surface area contributed by atoms with Gasteiger partial charge >= 0.3 is 0 Å². The molecular formula is C19H20FN3O4S. The molecule has 1 heterocycles. The minimum atomic E-state index is -3.90. The van der Waals surface area contributed by atoms with Gasteiger partial charge in [0.25, 0.3) is 0 Å². The van der Waals surface area contributed by atoms with Crippen molar-refractivity contribution in [2.24, 2.45) is 0 Å². The number of carbonyl (C=O) groups is 2. The van der Waals surface area contributed by atoms with E-state index in [2.05, 4.69) is 10.6 Å². The Hall–Kier alpha value is -2.78. The second kappa shape index (κ2) is 8.07. The molecule has 0 unspecified atom stereocenters. The van der Waals surface area contributed by atoms with Crippen LogP contribution in [0.25, 0.3) is 0 Å². The van der Waals surface area contributed by atoms with Crippen molar-refractivity contribution in [2.45, 2.75) is 30.7 Å². The SMILES string of the molecule is CC(=O)Nc1ccc(NC(=O)[C@H]2CCCN2S(=O)(=O)c2ccc(F)cc2)cc1. The van der Waals surface area contributed by atoms with Gasteiger partial charge in [-0.25, -0.2) is 12.8 Å². The zero-order valence-corrected chi connectivity index (χ0v) is 16.0. The van der Waals surface area contributed by atoms with Crippen molar-refractivity contribution in [1.29, 1.82) is 0 Å². The topological polar surface area (TPSA) is 95.6 Å². The van der Waals surface area contributed by atoms with Gasteiger partial charge < -0.3 is 10.6 Å². The maximum absolute atomic E-state index is 13.1. The highest BCUT2D eigenvalue weighted by Crippen LogP contribution is 2.27. The van der Waals surface area contributed by atoms with E-state index in [0.717, 1.165) is 16.4 Å². The Balaban J connectivity index is 1.74. The second-order valence-corrected chi connectivity index (χ2v) is 8.37. The largest absolute Gasteiger partial charge is 0.326 e. The molecule has 0 spiro atoms. The maximum Gasteiger partial charge on any atom is 0.243 e. The zero-order valence-electron chi connectivity index (χ0n) is 15.2. The molecule has 2 amide bonds. The molecule has 1 fully saturated rings. The zero-order chi connectivity index (χ0) is 20.3. The van der Waals surface area contributed by atoms with Gasteiger partial charge in [0.1, 0.15) is 11.9 Å². The van der Waals surface area contributed by atoms with Crippen LogP contribution < -0.4 is 10.6 Å². The molecule has 1 aliphatic heterocycles. The molecule has 9 heteroatoms. The van der Waals surface area contributed by atoms with Gasteiger partial charge in [-0.15, -0.1) is 0 Å². The molecule has 7 nitrogen and oxygen atoms in total. The fraction of sp³-hybridized carbons (Fsp3) is 0.263. The number of amides is 2. The van der Waals surface area contributed by atoms with Crippen molar-refractivity contribution in [2.75, 3.05) is 17.2 Å². The van der Waals surface area contributed by atoms with E-state index in [1.807, 2.05) is 0 Å². The second-order valence-electron chi connectivity index (χ2n) is 6.48. The Bertz CT molecular complexity index is 975. The smallest absolute Gasteiger partial charge is 0.243 e. The van der Waals surface area contributed by atoms with Crippen LogP contribution in [0.4, 0.5) is 15.8 Å². The Morgan fingerprint density at radius 2 is 1.57 bits per heavy atom. The van der Waals surface area contributed by atoms with Crippen molar-refractivity contribution in [1.82, 2.24) is 4.31 Å². The lowest BCUT2D eigenvalue weighted by Gasteiger charge is -2.23. The predicted octanol–water partition coefficient (Wildman–Crippen LogP) is 2.58. The van der Waals surface area contributed by atoms with Crippen LogP contribution in [0.3, 0.4) is 0 Å². The average molecular weight is 405 g/mol. The minimum absolute atomic E-state index is 0.0479. The normalized spacial score (nSPS) is 17.3. The average Bonchev–Trinajstić information content (AvgIpc) is 3.14. The van der Waals surface area contributed by atoms with Gasteiger partial charge in [-0.2, -0.15) is 4.31 Å². The lowest BCUT2D eigenvalue weighted by molar-refractivity contribution is -0.119. The Labute approximate surface area is 162 Å². The molecule has 2 aromatic carbocycles. The molecule has 2 N–H and O–H groups in total. The monoisotopic (exact) mass is 405 g/mol. The first-order valence-corrected chi connectivity index (χ1v) is 10.2. The number of nitrogens with one attached hydrogen (secondary N) is 2. The lowest BCUT2D eigenvalue weighted by Crippen LogP contribution is -2.43. The van der Waals surface area contributed by atoms with E-state index in [9.17, 15) is 22.4 Å². The van der Waals surface area contributed by atoms with E-state index in [1.165, 1.54) is 19.1 Å². The van der Waals surface area contributed by atoms with Gasteiger partial charge in [0, 0.05) is 24.8 Å². The number of benzene rings is 2. The van der Waals surface area contributed by atoms with Crippen LogP contribution in [0.1, 0.15) is 19.8 Å². The predicted molar refractivity (Wildman–Crippen MR) is 103 cm³/mol. The molecule has 148 valence electrons. The van der Waals surface area contributed by atoms with Crippen LogP contribution in [0.2, 0.25) is 0 Å². The molecule has 0 aromatic heterocycles. The number of carbonyl (C=O) groups excluding carboxylic acids is 2. The highest BCUT2D eigenvalue weighted by Gasteiger charge is 2.39. The molecule has 0 aliphatic carbocycles. The van der Waals surface area contributed by atoms with Gasteiger partial charge in [-0.05, 0) is 61.4 Å². The van der Waals surface area contributed by atoms with E-state index < -0.39 is 27.8 Å². The number of hydrogen-bond donors (Lipinski definition) is 2. The van der Waals surface area contributed by atoms with E-state index in [0.29, 0.717) is 24.2 Å². The number of nitrogens with zero attached hydrogens (tertiary/aromatic N) is 1. The first-order chi connectivity index (χ1) is 13.3. The highest BCUT2D eigenvalue weighted by molar-refractivity contribution is 7.89. The van der Waals surface area contributed by atoms with Crippen LogP contribution in [0, 0.1) is 5.82 Å². The molecule has 0 bridgehead atoms. The van der Waals surface area contributed by atoms with Gasteiger partial charge in [0.15, 0.2) is 0 Å². The number of hydrogen-bond acceptors (Lipinski definition) is 4. The minimum Gasteiger partial charge on any atom is -0.326 e. The summed E-state index contributed by atoms with van der Waals surface area (Å²) in [6.45, 7) is 1.62. The molecule has 2 aromatic rings. The highest BCUT2D eigenvalue weighted by atomic mass is 32.2. The van der Waals surface area contributed by atoms with Crippen molar-refractivity contribution in [3.05, 3.63) is 54.3 Å². The number of halogens is 1. The van der Waals surface area contributed by atoms with Crippen LogP contribution in [-0.2, 0) is 19.6 Å². The van der Waals surface area contributed by atoms with Crippen molar-refractivity contribution in [3.8, 4) is 0 Å². The molecule has 0 radical (unpaired) electrons. The number of rotatable bonds is 5. The quantitative estimate of drug-likeness (QED) is 0.799. The van der Waals surface area contributed by atoms with Gasteiger partial charge in [-0.3, -0.25) is 9.59 Å². The van der Waals surface area contributed by atoms with Crippen molar-refractivity contribution >= 4 is 33.2 Å². The molecular weight excluding hydrogens is 385 g/mol. The Morgan fingerprint density at radius 1 is 1.00 bits per heavy atom. The van der Waals surface area contributed by atoms with E-state index in [1.54, 1.807) is 24.3 Å². The van der Waals surface area contributed by atoms with Crippen LogP contribution >= 0.6 is 0 Å². The lowest BCUT2D eigenvalue weighted by atomic mass is 10.2. The van der Waals surface area contributed by atoms with E-state index in [4.69, 9.17) is 0 Å². The van der Waals surface area contributed by atoms with Gasteiger partial charge in [-0.1, -0.05) is 0 Å². The third-order valence-corrected chi connectivity index (χ3v) is 6.32. The summed E-state index contributed by atoms with van der Waals surface area (Å²) >= 11 is 0. The third-order valence-electron chi connectivity index (χ3n) is 4.40. The maximum atomic E-state index is 13.1. The standard InChI is InChI=1S/C19H20FN3O4S/c1-13(24)21-15-6-8-16(9-7-15)22-19(25)18-3-2-12-23(18)28(26,27)17-10-4-14(20)5-11-17/h4-11,18H,2-3,12H2,1H3,(H,21,24)(H,22,25)/t18-/m1/s1. The summed E-state index contributed by atoms with van der Waals surface area (Å²) in [5.74, 6) is -1.17. The van der Waals surface area contributed by atoms with E-state index in [-0.39, 0.29) is 17.3 Å². The first-order valence-electron chi connectivity index (χ1n) is 8.73. The molecule has 1 saturated heterocycles. The summed E-state index contributed by atoms with van der Waals surface area (Å²) in [7, 11) is -3.90. The van der Waals surface area contributed by atoms with Gasteiger partial charge in [0.05, 0.1) is 4.90 Å². The summed E-state index contributed by atoms with van der Waals surface area (Å²) in [6, 6.07) is 10.2.